The summed E-state index contributed by atoms with van der Waals surface area (Å²) in [6.45, 7) is 7.84. The molecule has 0 aromatic carbocycles. The van der Waals surface area contributed by atoms with Crippen LogP contribution in [0.5, 0.6) is 0 Å². The highest BCUT2D eigenvalue weighted by Crippen LogP contribution is 2.58. The number of carbonyl (C=O) groups is 1. The predicted molar refractivity (Wildman–Crippen MR) is 86.6 cm³/mol. The van der Waals surface area contributed by atoms with E-state index in [0.717, 1.165) is 19.4 Å². The molecule has 0 aromatic rings. The van der Waals surface area contributed by atoms with Gasteiger partial charge in [0.1, 0.15) is 0 Å². The molecule has 0 aromatic heterocycles. The van der Waals surface area contributed by atoms with Gasteiger partial charge in [-0.2, -0.15) is 0 Å². The standard InChI is InChI=1S/C16H30N2OS/c1-14(9-13(18)19)6-7-16(3,11-14)20-15(2)5-4-12(8-15)10-17/h12H,4-11,17H2,1-3H3,(H2,18,19). The molecule has 4 unspecified atom stereocenters. The quantitative estimate of drug-likeness (QED) is 0.819. The summed E-state index contributed by atoms with van der Waals surface area (Å²) >= 11 is 2.16. The van der Waals surface area contributed by atoms with Crippen molar-refractivity contribution in [3.8, 4) is 0 Å². The lowest BCUT2D eigenvalue weighted by Crippen LogP contribution is -2.30. The van der Waals surface area contributed by atoms with Crippen LogP contribution in [0.25, 0.3) is 0 Å². The van der Waals surface area contributed by atoms with Crippen molar-refractivity contribution in [2.45, 2.75) is 75.2 Å². The minimum atomic E-state index is -0.156. The molecule has 0 bridgehead atoms. The van der Waals surface area contributed by atoms with Gasteiger partial charge in [-0.05, 0) is 56.4 Å². The van der Waals surface area contributed by atoms with Gasteiger partial charge in [-0.1, -0.05) is 20.8 Å². The van der Waals surface area contributed by atoms with Gasteiger partial charge in [-0.25, -0.2) is 0 Å². The van der Waals surface area contributed by atoms with Crippen molar-refractivity contribution < 1.29 is 4.79 Å². The summed E-state index contributed by atoms with van der Waals surface area (Å²) < 4.78 is 0.666. The normalized spacial score (nSPS) is 44.9. The van der Waals surface area contributed by atoms with Gasteiger partial charge in [0, 0.05) is 15.9 Å². The van der Waals surface area contributed by atoms with Crippen LogP contribution in [0.3, 0.4) is 0 Å². The Morgan fingerprint density at radius 3 is 2.45 bits per heavy atom. The maximum Gasteiger partial charge on any atom is 0.217 e. The first kappa shape index (κ1) is 16.2. The topological polar surface area (TPSA) is 69.1 Å². The molecule has 2 saturated carbocycles. The summed E-state index contributed by atoms with van der Waals surface area (Å²) in [5.41, 5.74) is 11.4. The summed E-state index contributed by atoms with van der Waals surface area (Å²) in [5, 5.41) is 0. The van der Waals surface area contributed by atoms with Gasteiger partial charge in [-0.3, -0.25) is 4.79 Å². The average molecular weight is 298 g/mol. The summed E-state index contributed by atoms with van der Waals surface area (Å²) in [4.78, 5) is 11.3. The molecule has 0 aliphatic heterocycles. The zero-order valence-corrected chi connectivity index (χ0v) is 14.0. The van der Waals surface area contributed by atoms with Gasteiger partial charge < -0.3 is 11.5 Å². The Morgan fingerprint density at radius 2 is 1.90 bits per heavy atom. The summed E-state index contributed by atoms with van der Waals surface area (Å²) in [6.07, 6.45) is 7.76. The highest BCUT2D eigenvalue weighted by molar-refractivity contribution is 8.02. The number of rotatable bonds is 5. The minimum absolute atomic E-state index is 0.107. The Hall–Kier alpha value is -0.220. The number of hydrogen-bond acceptors (Lipinski definition) is 3. The lowest BCUT2D eigenvalue weighted by Gasteiger charge is -2.36. The van der Waals surface area contributed by atoms with Gasteiger partial charge in [0.05, 0.1) is 0 Å². The molecule has 2 fully saturated rings. The smallest absolute Gasteiger partial charge is 0.217 e. The van der Waals surface area contributed by atoms with Gasteiger partial charge >= 0.3 is 0 Å². The fraction of sp³-hybridized carbons (Fsp3) is 0.938. The van der Waals surface area contributed by atoms with Crippen LogP contribution in [0.15, 0.2) is 0 Å². The first-order valence-corrected chi connectivity index (χ1v) is 8.68. The number of amides is 1. The molecule has 4 atom stereocenters. The molecule has 0 saturated heterocycles. The largest absolute Gasteiger partial charge is 0.370 e. The summed E-state index contributed by atoms with van der Waals surface area (Å²) in [6, 6.07) is 0. The van der Waals surface area contributed by atoms with E-state index in [0.29, 0.717) is 21.8 Å². The van der Waals surface area contributed by atoms with Crippen molar-refractivity contribution in [1.82, 2.24) is 0 Å². The van der Waals surface area contributed by atoms with E-state index in [2.05, 4.69) is 32.5 Å². The molecule has 2 rings (SSSR count). The fourth-order valence-electron chi connectivity index (χ4n) is 4.52. The van der Waals surface area contributed by atoms with Crippen LogP contribution < -0.4 is 11.5 Å². The predicted octanol–water partition coefficient (Wildman–Crippen LogP) is 3.06. The van der Waals surface area contributed by atoms with E-state index in [1.807, 2.05) is 0 Å². The molecule has 4 N–H and O–H groups in total. The zero-order chi connectivity index (χ0) is 15.0. The fourth-order valence-corrected chi connectivity index (χ4v) is 6.87. The number of carbonyl (C=O) groups excluding carboxylic acids is 1. The third-order valence-corrected chi connectivity index (χ3v) is 6.99. The molecule has 1 amide bonds. The van der Waals surface area contributed by atoms with Crippen LogP contribution in [0.2, 0.25) is 0 Å². The molecule has 4 heteroatoms. The number of nitrogens with two attached hydrogens (primary N) is 2. The molecular weight excluding hydrogens is 268 g/mol. The Kier molecular flexibility index (Phi) is 4.46. The van der Waals surface area contributed by atoms with Crippen LogP contribution in [0, 0.1) is 11.3 Å². The maximum atomic E-state index is 11.3. The van der Waals surface area contributed by atoms with E-state index in [-0.39, 0.29) is 11.3 Å². The van der Waals surface area contributed by atoms with Crippen molar-refractivity contribution in [1.29, 1.82) is 0 Å². The SMILES string of the molecule is CC1(CC(N)=O)CCC(C)(SC2(C)CCC(CN)C2)C1. The van der Waals surface area contributed by atoms with Crippen molar-refractivity contribution in [3.63, 3.8) is 0 Å². The van der Waals surface area contributed by atoms with E-state index in [1.165, 1.54) is 25.7 Å². The van der Waals surface area contributed by atoms with Crippen LogP contribution in [-0.4, -0.2) is 21.9 Å². The van der Waals surface area contributed by atoms with Crippen molar-refractivity contribution >= 4 is 17.7 Å². The van der Waals surface area contributed by atoms with Crippen molar-refractivity contribution in [2.24, 2.45) is 22.8 Å². The second-order valence-electron chi connectivity index (χ2n) is 7.98. The second-order valence-corrected chi connectivity index (χ2v) is 10.2. The molecule has 0 spiro atoms. The van der Waals surface area contributed by atoms with Crippen molar-refractivity contribution in [3.05, 3.63) is 0 Å². The first-order valence-electron chi connectivity index (χ1n) is 7.86. The van der Waals surface area contributed by atoms with E-state index < -0.39 is 0 Å². The van der Waals surface area contributed by atoms with Crippen LogP contribution in [0.1, 0.15) is 65.7 Å². The summed E-state index contributed by atoms with van der Waals surface area (Å²) in [5.74, 6) is 0.548. The molecule has 0 heterocycles. The van der Waals surface area contributed by atoms with Crippen LogP contribution in [0.4, 0.5) is 0 Å². The van der Waals surface area contributed by atoms with Crippen LogP contribution >= 0.6 is 11.8 Å². The summed E-state index contributed by atoms with van der Waals surface area (Å²) in [7, 11) is 0. The van der Waals surface area contributed by atoms with E-state index in [4.69, 9.17) is 11.5 Å². The molecular formula is C16H30N2OS. The molecule has 3 nitrogen and oxygen atoms in total. The Labute approximate surface area is 127 Å². The number of hydrogen-bond donors (Lipinski definition) is 2. The van der Waals surface area contributed by atoms with E-state index >= 15 is 0 Å². The Bertz CT molecular complexity index is 389. The van der Waals surface area contributed by atoms with E-state index in [1.54, 1.807) is 0 Å². The van der Waals surface area contributed by atoms with Gasteiger partial charge in [-0.15, -0.1) is 11.8 Å². The zero-order valence-electron chi connectivity index (χ0n) is 13.2. The molecule has 20 heavy (non-hydrogen) atoms. The first-order chi connectivity index (χ1) is 9.18. The monoisotopic (exact) mass is 298 g/mol. The second kappa shape index (κ2) is 5.53. The van der Waals surface area contributed by atoms with Gasteiger partial charge in [0.2, 0.25) is 5.91 Å². The van der Waals surface area contributed by atoms with Crippen LogP contribution in [-0.2, 0) is 4.79 Å². The lowest BCUT2D eigenvalue weighted by molar-refractivity contribution is -0.120. The highest BCUT2D eigenvalue weighted by atomic mass is 32.2. The molecule has 2 aliphatic rings. The molecule has 2 aliphatic carbocycles. The average Bonchev–Trinajstić information content (AvgIpc) is 2.79. The highest BCUT2D eigenvalue weighted by Gasteiger charge is 2.48. The number of thioether (sulfide) groups is 1. The van der Waals surface area contributed by atoms with Gasteiger partial charge in [0.15, 0.2) is 0 Å². The molecule has 116 valence electrons. The van der Waals surface area contributed by atoms with Gasteiger partial charge in [0.25, 0.3) is 0 Å². The lowest BCUT2D eigenvalue weighted by atomic mass is 9.84. The maximum absolute atomic E-state index is 11.3. The molecule has 0 radical (unpaired) electrons. The minimum Gasteiger partial charge on any atom is -0.370 e. The Balaban J connectivity index is 1.98. The van der Waals surface area contributed by atoms with E-state index in [9.17, 15) is 4.79 Å². The van der Waals surface area contributed by atoms with Crippen molar-refractivity contribution in [2.75, 3.05) is 6.54 Å². The third kappa shape index (κ3) is 3.70. The third-order valence-electron chi connectivity index (χ3n) is 5.29. The number of primary amides is 1. The Morgan fingerprint density at radius 1 is 1.20 bits per heavy atom.